The molecule has 28 heavy (non-hydrogen) atoms. The molecular formula is C19H23ClN2O4S2. The molecule has 1 N–H and O–H groups in total. The van der Waals surface area contributed by atoms with Crippen molar-refractivity contribution in [3.05, 3.63) is 59.1 Å². The van der Waals surface area contributed by atoms with Gasteiger partial charge in [0.25, 0.3) is 0 Å². The Balaban J connectivity index is 1.87. The first-order valence-corrected chi connectivity index (χ1v) is 12.7. The van der Waals surface area contributed by atoms with Crippen molar-refractivity contribution in [1.82, 2.24) is 9.62 Å². The topological polar surface area (TPSA) is 83.5 Å². The van der Waals surface area contributed by atoms with Crippen LogP contribution in [0, 0.1) is 0 Å². The molecule has 0 saturated carbocycles. The molecule has 152 valence electrons. The highest BCUT2D eigenvalue weighted by Crippen LogP contribution is 2.27. The number of halogens is 1. The minimum Gasteiger partial charge on any atom is -0.295 e. The number of hydrogen-bond donors (Lipinski definition) is 1. The predicted molar refractivity (Wildman–Crippen MR) is 110 cm³/mol. The van der Waals surface area contributed by atoms with Crippen molar-refractivity contribution in [2.75, 3.05) is 25.9 Å². The van der Waals surface area contributed by atoms with Crippen LogP contribution in [0.2, 0.25) is 5.02 Å². The lowest BCUT2D eigenvalue weighted by Gasteiger charge is -2.28. The van der Waals surface area contributed by atoms with E-state index in [4.69, 9.17) is 11.6 Å². The number of nitrogens with one attached hydrogen (secondary N) is 1. The molecule has 2 aromatic rings. The van der Waals surface area contributed by atoms with Crippen LogP contribution in [0.4, 0.5) is 0 Å². The minimum atomic E-state index is -3.98. The maximum absolute atomic E-state index is 12.9. The SMILES string of the molecule is CS(=O)(=O)c1ccc(Cl)c(S(=O)(=O)NCC(c2ccccc2)N2CCCC2)c1. The van der Waals surface area contributed by atoms with Gasteiger partial charge in [0.05, 0.1) is 9.92 Å². The second-order valence-corrected chi connectivity index (χ2v) is 11.0. The molecule has 1 aliphatic heterocycles. The molecule has 1 fully saturated rings. The highest BCUT2D eigenvalue weighted by atomic mass is 35.5. The Kier molecular flexibility index (Phi) is 6.46. The van der Waals surface area contributed by atoms with Gasteiger partial charge in [-0.15, -0.1) is 0 Å². The molecule has 1 saturated heterocycles. The van der Waals surface area contributed by atoms with E-state index >= 15 is 0 Å². The van der Waals surface area contributed by atoms with Crippen molar-refractivity contribution in [2.45, 2.75) is 28.7 Å². The van der Waals surface area contributed by atoms with Gasteiger partial charge in [-0.05, 0) is 49.7 Å². The van der Waals surface area contributed by atoms with E-state index in [2.05, 4.69) is 9.62 Å². The van der Waals surface area contributed by atoms with Crippen molar-refractivity contribution < 1.29 is 16.8 Å². The third kappa shape index (κ3) is 4.93. The van der Waals surface area contributed by atoms with Crippen molar-refractivity contribution in [3.8, 4) is 0 Å². The van der Waals surface area contributed by atoms with E-state index in [1.54, 1.807) is 0 Å². The highest BCUT2D eigenvalue weighted by molar-refractivity contribution is 7.91. The zero-order valence-corrected chi connectivity index (χ0v) is 17.9. The molecule has 1 atom stereocenters. The molecule has 2 aromatic carbocycles. The van der Waals surface area contributed by atoms with Gasteiger partial charge in [0.15, 0.2) is 9.84 Å². The van der Waals surface area contributed by atoms with Crippen LogP contribution in [0.1, 0.15) is 24.4 Å². The van der Waals surface area contributed by atoms with Crippen LogP contribution in [0.25, 0.3) is 0 Å². The van der Waals surface area contributed by atoms with Crippen LogP contribution < -0.4 is 4.72 Å². The van der Waals surface area contributed by atoms with E-state index in [-0.39, 0.29) is 27.4 Å². The highest BCUT2D eigenvalue weighted by Gasteiger charge is 2.27. The largest absolute Gasteiger partial charge is 0.295 e. The van der Waals surface area contributed by atoms with Crippen molar-refractivity contribution in [1.29, 1.82) is 0 Å². The van der Waals surface area contributed by atoms with Crippen LogP contribution in [-0.4, -0.2) is 47.6 Å². The number of sulfonamides is 1. The second-order valence-electron chi connectivity index (χ2n) is 6.89. The lowest BCUT2D eigenvalue weighted by molar-refractivity contribution is 0.246. The molecule has 1 aliphatic rings. The summed E-state index contributed by atoms with van der Waals surface area (Å²) in [6.07, 6.45) is 3.19. The Bertz CT molecular complexity index is 1030. The first-order valence-electron chi connectivity index (χ1n) is 8.97. The summed E-state index contributed by atoms with van der Waals surface area (Å²) in [4.78, 5) is 1.94. The van der Waals surface area contributed by atoms with Crippen molar-refractivity contribution in [2.24, 2.45) is 0 Å². The summed E-state index contributed by atoms with van der Waals surface area (Å²) in [5, 5.41) is -0.0164. The molecule has 0 bridgehead atoms. The summed E-state index contributed by atoms with van der Waals surface area (Å²) in [6.45, 7) is 1.99. The molecule has 0 aliphatic carbocycles. The first kappa shape index (κ1) is 21.3. The predicted octanol–water partition coefficient (Wildman–Crippen LogP) is 2.86. The van der Waals surface area contributed by atoms with Gasteiger partial charge in [0, 0.05) is 18.8 Å². The van der Waals surface area contributed by atoms with Gasteiger partial charge >= 0.3 is 0 Å². The molecule has 9 heteroatoms. The third-order valence-corrected chi connectivity index (χ3v) is 7.87. The van der Waals surface area contributed by atoms with Crippen LogP contribution in [0.3, 0.4) is 0 Å². The van der Waals surface area contributed by atoms with Crippen LogP contribution in [0.15, 0.2) is 58.3 Å². The normalized spacial score (nSPS) is 16.9. The molecule has 1 unspecified atom stereocenters. The average molecular weight is 443 g/mol. The van der Waals surface area contributed by atoms with Gasteiger partial charge in [0.2, 0.25) is 10.0 Å². The van der Waals surface area contributed by atoms with Gasteiger partial charge in [-0.2, -0.15) is 0 Å². The standard InChI is InChI=1S/C19H23ClN2O4S2/c1-27(23,24)16-9-10-17(20)19(13-16)28(25,26)21-14-18(22-11-5-6-12-22)15-7-3-2-4-8-15/h2-4,7-10,13,18,21H,5-6,11-12,14H2,1H3. The average Bonchev–Trinajstić information content (AvgIpc) is 3.16. The van der Waals surface area contributed by atoms with Gasteiger partial charge in [0.1, 0.15) is 4.90 Å². The molecule has 3 rings (SSSR count). The smallest absolute Gasteiger partial charge is 0.242 e. The van der Waals surface area contributed by atoms with E-state index in [0.717, 1.165) is 43.8 Å². The fourth-order valence-corrected chi connectivity index (χ4v) is 5.66. The minimum absolute atomic E-state index is 0.0164. The van der Waals surface area contributed by atoms with Gasteiger partial charge in [-0.3, -0.25) is 4.90 Å². The molecule has 6 nitrogen and oxygen atoms in total. The Labute approximate surface area is 171 Å². The number of benzene rings is 2. The van der Waals surface area contributed by atoms with Crippen LogP contribution in [0.5, 0.6) is 0 Å². The quantitative estimate of drug-likeness (QED) is 0.712. The van der Waals surface area contributed by atoms with E-state index in [1.807, 2.05) is 30.3 Å². The molecule has 1 heterocycles. The number of rotatable bonds is 7. The Morgan fingerprint density at radius 2 is 1.68 bits per heavy atom. The van der Waals surface area contributed by atoms with Crippen molar-refractivity contribution >= 4 is 31.5 Å². The fraction of sp³-hybridized carbons (Fsp3) is 0.368. The van der Waals surface area contributed by atoms with E-state index in [9.17, 15) is 16.8 Å². The lowest BCUT2D eigenvalue weighted by atomic mass is 10.1. The van der Waals surface area contributed by atoms with Crippen molar-refractivity contribution in [3.63, 3.8) is 0 Å². The summed E-state index contributed by atoms with van der Waals surface area (Å²) in [7, 11) is -7.53. The maximum atomic E-state index is 12.9. The number of sulfone groups is 1. The van der Waals surface area contributed by atoms with Crippen LogP contribution >= 0.6 is 11.6 Å². The molecule has 0 aromatic heterocycles. The second kappa shape index (κ2) is 8.51. The summed E-state index contributed by atoms with van der Waals surface area (Å²) >= 11 is 6.07. The number of nitrogens with zero attached hydrogens (tertiary/aromatic N) is 1. The Morgan fingerprint density at radius 1 is 1.04 bits per heavy atom. The fourth-order valence-electron chi connectivity index (χ4n) is 3.37. The monoisotopic (exact) mass is 442 g/mol. The summed E-state index contributed by atoms with van der Waals surface area (Å²) < 4.78 is 51.9. The van der Waals surface area contributed by atoms with Gasteiger partial charge in [-0.25, -0.2) is 21.6 Å². The van der Waals surface area contributed by atoms with Crippen LogP contribution in [-0.2, 0) is 19.9 Å². The summed E-state index contributed by atoms with van der Waals surface area (Å²) in [6, 6.07) is 13.3. The molecule has 0 spiro atoms. The summed E-state index contributed by atoms with van der Waals surface area (Å²) in [5.41, 5.74) is 1.03. The zero-order valence-electron chi connectivity index (χ0n) is 15.5. The number of likely N-dealkylation sites (tertiary alicyclic amines) is 1. The maximum Gasteiger partial charge on any atom is 0.242 e. The Hall–Kier alpha value is -1.45. The van der Waals surface area contributed by atoms with E-state index in [1.165, 1.54) is 12.1 Å². The first-order chi connectivity index (χ1) is 13.2. The third-order valence-electron chi connectivity index (χ3n) is 4.85. The Morgan fingerprint density at radius 3 is 2.29 bits per heavy atom. The molecular weight excluding hydrogens is 420 g/mol. The van der Waals surface area contributed by atoms with Gasteiger partial charge in [-0.1, -0.05) is 41.9 Å². The van der Waals surface area contributed by atoms with E-state index in [0.29, 0.717) is 0 Å². The summed E-state index contributed by atoms with van der Waals surface area (Å²) in [5.74, 6) is 0. The molecule has 0 amide bonds. The van der Waals surface area contributed by atoms with E-state index < -0.39 is 19.9 Å². The van der Waals surface area contributed by atoms with Gasteiger partial charge < -0.3 is 0 Å². The molecule has 0 radical (unpaired) electrons. The number of hydrogen-bond acceptors (Lipinski definition) is 5. The lowest BCUT2D eigenvalue weighted by Crippen LogP contribution is -2.36. The zero-order chi connectivity index (χ0) is 20.4.